The minimum absolute atomic E-state index is 0.189. The number of rotatable bonds is 5. The van der Waals surface area contributed by atoms with E-state index in [2.05, 4.69) is 40.2 Å². The number of aliphatic imine (C=N–C) groups is 1. The van der Waals surface area contributed by atoms with Gasteiger partial charge in [-0.2, -0.15) is 4.99 Å². The fourth-order valence-electron chi connectivity index (χ4n) is 3.98. The second kappa shape index (κ2) is 9.39. The van der Waals surface area contributed by atoms with Crippen LogP contribution < -0.4 is 9.47 Å². The first-order chi connectivity index (χ1) is 14.7. The number of hydrogen-bond acceptors (Lipinski definition) is 5. The molecule has 5 nitrogen and oxygen atoms in total. The molecule has 30 heavy (non-hydrogen) atoms. The Morgan fingerprint density at radius 2 is 1.83 bits per heavy atom. The van der Waals surface area contributed by atoms with Crippen molar-refractivity contribution in [2.75, 3.05) is 27.3 Å². The van der Waals surface area contributed by atoms with Crippen LogP contribution in [0.15, 0.2) is 58.4 Å². The third kappa shape index (κ3) is 4.54. The molecule has 0 N–H and O–H groups in total. The second-order valence-corrected chi connectivity index (χ2v) is 8.52. The van der Waals surface area contributed by atoms with Crippen LogP contribution in [0.5, 0.6) is 11.5 Å². The summed E-state index contributed by atoms with van der Waals surface area (Å²) in [6.07, 6.45) is 5.19. The van der Waals surface area contributed by atoms with Crippen LogP contribution in [0, 0.1) is 5.92 Å². The van der Waals surface area contributed by atoms with E-state index in [1.165, 1.54) is 17.3 Å². The van der Waals surface area contributed by atoms with E-state index in [0.29, 0.717) is 22.3 Å². The number of benzene rings is 2. The maximum absolute atomic E-state index is 12.5. The molecule has 1 saturated heterocycles. The highest BCUT2D eigenvalue weighted by molar-refractivity contribution is 8.18. The molecule has 1 amide bonds. The Hall–Kier alpha value is -2.73. The maximum Gasteiger partial charge on any atom is 0.286 e. The standard InChI is InChI=1S/C24H26N2O3S/c1-28-20-10-6-9-19(22(20)29-2)16-21-23(27)25-24(30-21)26-13-11-18(12-14-26)15-17-7-4-3-5-8-17/h3-10,16,18H,11-15H2,1-2H3. The van der Waals surface area contributed by atoms with Gasteiger partial charge in [0.05, 0.1) is 19.1 Å². The first-order valence-electron chi connectivity index (χ1n) is 10.2. The lowest BCUT2D eigenvalue weighted by Gasteiger charge is -2.32. The monoisotopic (exact) mass is 422 g/mol. The number of ether oxygens (including phenoxy) is 2. The highest BCUT2D eigenvalue weighted by Crippen LogP contribution is 2.37. The number of thioether (sulfide) groups is 1. The van der Waals surface area contributed by atoms with E-state index < -0.39 is 0 Å². The van der Waals surface area contributed by atoms with Crippen LogP contribution in [-0.4, -0.2) is 43.3 Å². The Kier molecular flexibility index (Phi) is 6.43. The molecule has 1 fully saturated rings. The van der Waals surface area contributed by atoms with E-state index in [1.54, 1.807) is 14.2 Å². The van der Waals surface area contributed by atoms with Crippen molar-refractivity contribution in [2.45, 2.75) is 19.3 Å². The quantitative estimate of drug-likeness (QED) is 0.658. The number of carbonyl (C=O) groups is 1. The number of methoxy groups -OCH3 is 2. The summed E-state index contributed by atoms with van der Waals surface area (Å²) < 4.78 is 10.8. The first kappa shape index (κ1) is 20.5. The van der Waals surface area contributed by atoms with E-state index in [-0.39, 0.29) is 5.91 Å². The SMILES string of the molecule is COc1cccc(C=C2SC(N3CCC(Cc4ccccc4)CC3)=NC2=O)c1OC. The molecule has 6 heteroatoms. The average Bonchev–Trinajstić information content (AvgIpc) is 3.15. The highest BCUT2D eigenvalue weighted by Gasteiger charge is 2.29. The van der Waals surface area contributed by atoms with Crippen LogP contribution in [0.3, 0.4) is 0 Å². The van der Waals surface area contributed by atoms with Gasteiger partial charge in [0.1, 0.15) is 0 Å². The highest BCUT2D eigenvalue weighted by atomic mass is 32.2. The van der Waals surface area contributed by atoms with Crippen LogP contribution >= 0.6 is 11.8 Å². The van der Waals surface area contributed by atoms with Crippen molar-refractivity contribution in [3.63, 3.8) is 0 Å². The lowest BCUT2D eigenvalue weighted by molar-refractivity contribution is -0.113. The van der Waals surface area contributed by atoms with E-state index in [4.69, 9.17) is 9.47 Å². The average molecular weight is 423 g/mol. The molecule has 0 unspecified atom stereocenters. The van der Waals surface area contributed by atoms with Crippen molar-refractivity contribution in [2.24, 2.45) is 10.9 Å². The summed E-state index contributed by atoms with van der Waals surface area (Å²) >= 11 is 1.45. The molecule has 156 valence electrons. The summed E-state index contributed by atoms with van der Waals surface area (Å²) in [6, 6.07) is 16.3. The molecule has 0 radical (unpaired) electrons. The van der Waals surface area contributed by atoms with Gasteiger partial charge in [0, 0.05) is 18.7 Å². The van der Waals surface area contributed by atoms with Crippen LogP contribution in [0.25, 0.3) is 6.08 Å². The number of likely N-dealkylation sites (tertiary alicyclic amines) is 1. The number of para-hydroxylation sites is 1. The second-order valence-electron chi connectivity index (χ2n) is 7.51. The molecule has 0 bridgehead atoms. The van der Waals surface area contributed by atoms with Gasteiger partial charge in [-0.05, 0) is 54.6 Å². The Labute approximate surface area is 181 Å². The molecule has 2 aromatic carbocycles. The Morgan fingerprint density at radius 1 is 1.07 bits per heavy atom. The molecule has 0 aromatic heterocycles. The number of piperidine rings is 1. The number of nitrogens with zero attached hydrogens (tertiary/aromatic N) is 2. The number of carbonyl (C=O) groups excluding carboxylic acids is 1. The van der Waals surface area contributed by atoms with Crippen molar-refractivity contribution >= 4 is 28.9 Å². The number of amidine groups is 1. The Bertz CT molecular complexity index is 964. The van der Waals surface area contributed by atoms with Crippen molar-refractivity contribution in [3.05, 3.63) is 64.6 Å². The molecule has 2 aromatic rings. The molecule has 0 aliphatic carbocycles. The van der Waals surface area contributed by atoms with Gasteiger partial charge in [-0.25, -0.2) is 0 Å². The fraction of sp³-hybridized carbons (Fsp3) is 0.333. The lowest BCUT2D eigenvalue weighted by atomic mass is 9.90. The first-order valence-corrected chi connectivity index (χ1v) is 11.0. The predicted molar refractivity (Wildman–Crippen MR) is 122 cm³/mol. The Morgan fingerprint density at radius 3 is 2.53 bits per heavy atom. The molecule has 0 atom stereocenters. The van der Waals surface area contributed by atoms with Gasteiger partial charge in [0.2, 0.25) is 0 Å². The van der Waals surface area contributed by atoms with Gasteiger partial charge in [0.25, 0.3) is 5.91 Å². The zero-order valence-electron chi connectivity index (χ0n) is 17.3. The van der Waals surface area contributed by atoms with E-state index in [1.807, 2.05) is 24.3 Å². The normalized spacial score (nSPS) is 18.6. The summed E-state index contributed by atoms with van der Waals surface area (Å²) in [7, 11) is 3.21. The van der Waals surface area contributed by atoms with Crippen LogP contribution in [-0.2, 0) is 11.2 Å². The minimum Gasteiger partial charge on any atom is -0.493 e. The topological polar surface area (TPSA) is 51.1 Å². The molecule has 0 saturated carbocycles. The predicted octanol–water partition coefficient (Wildman–Crippen LogP) is 4.63. The van der Waals surface area contributed by atoms with Crippen molar-refractivity contribution in [3.8, 4) is 11.5 Å². The van der Waals surface area contributed by atoms with Crippen LogP contribution in [0.1, 0.15) is 24.0 Å². The summed E-state index contributed by atoms with van der Waals surface area (Å²) in [6.45, 7) is 1.87. The maximum atomic E-state index is 12.5. The molecule has 0 spiro atoms. The van der Waals surface area contributed by atoms with Crippen molar-refractivity contribution < 1.29 is 14.3 Å². The van der Waals surface area contributed by atoms with Crippen LogP contribution in [0.4, 0.5) is 0 Å². The molecule has 2 heterocycles. The van der Waals surface area contributed by atoms with Gasteiger partial charge < -0.3 is 14.4 Å². The van der Waals surface area contributed by atoms with Gasteiger partial charge in [0.15, 0.2) is 16.7 Å². The zero-order chi connectivity index (χ0) is 20.9. The third-order valence-electron chi connectivity index (χ3n) is 5.58. The Balaban J connectivity index is 1.40. The molecule has 4 rings (SSSR count). The summed E-state index contributed by atoms with van der Waals surface area (Å²) in [5.41, 5.74) is 2.21. The number of amides is 1. The zero-order valence-corrected chi connectivity index (χ0v) is 18.2. The molecule has 2 aliphatic rings. The summed E-state index contributed by atoms with van der Waals surface area (Å²) in [5.74, 6) is 1.76. The minimum atomic E-state index is -0.189. The molecular formula is C24H26N2O3S. The van der Waals surface area contributed by atoms with Gasteiger partial charge in [-0.3, -0.25) is 4.79 Å². The van der Waals surface area contributed by atoms with Gasteiger partial charge in [-0.15, -0.1) is 0 Å². The van der Waals surface area contributed by atoms with Gasteiger partial charge in [-0.1, -0.05) is 42.5 Å². The third-order valence-corrected chi connectivity index (χ3v) is 6.63. The summed E-state index contributed by atoms with van der Waals surface area (Å²) in [4.78, 5) is 19.7. The molecule has 2 aliphatic heterocycles. The van der Waals surface area contributed by atoms with E-state index in [9.17, 15) is 4.79 Å². The van der Waals surface area contributed by atoms with Crippen LogP contribution in [0.2, 0.25) is 0 Å². The lowest BCUT2D eigenvalue weighted by Crippen LogP contribution is -2.37. The molecular weight excluding hydrogens is 396 g/mol. The summed E-state index contributed by atoms with van der Waals surface area (Å²) in [5, 5.41) is 0.811. The fourth-order valence-corrected chi connectivity index (χ4v) is 4.93. The van der Waals surface area contributed by atoms with Crippen molar-refractivity contribution in [1.29, 1.82) is 0 Å². The van der Waals surface area contributed by atoms with Gasteiger partial charge >= 0.3 is 0 Å². The largest absolute Gasteiger partial charge is 0.493 e. The van der Waals surface area contributed by atoms with E-state index >= 15 is 0 Å². The van der Waals surface area contributed by atoms with Crippen molar-refractivity contribution in [1.82, 2.24) is 4.90 Å². The van der Waals surface area contributed by atoms with E-state index in [0.717, 1.165) is 43.1 Å². The number of hydrogen-bond donors (Lipinski definition) is 0. The smallest absolute Gasteiger partial charge is 0.286 e.